The average Bonchev–Trinajstić information content (AvgIpc) is 3.15. The van der Waals surface area contributed by atoms with Gasteiger partial charge in [-0.3, -0.25) is 4.79 Å². The van der Waals surface area contributed by atoms with Crippen molar-refractivity contribution in [1.82, 2.24) is 5.32 Å². The van der Waals surface area contributed by atoms with Crippen LogP contribution in [0, 0.1) is 12.8 Å². The van der Waals surface area contributed by atoms with E-state index in [0.29, 0.717) is 19.1 Å². The van der Waals surface area contributed by atoms with Crippen molar-refractivity contribution in [2.75, 3.05) is 13.2 Å². The van der Waals surface area contributed by atoms with Gasteiger partial charge in [0, 0.05) is 6.54 Å². The normalized spacial score (nSPS) is 16.3. The molecule has 4 heteroatoms. The van der Waals surface area contributed by atoms with Crippen LogP contribution in [0.25, 0.3) is 0 Å². The lowest BCUT2D eigenvalue weighted by Gasteiger charge is -2.14. The van der Waals surface area contributed by atoms with Crippen molar-refractivity contribution < 1.29 is 14.6 Å². The van der Waals surface area contributed by atoms with Crippen LogP contribution in [0.2, 0.25) is 0 Å². The smallest absolute Gasteiger partial charge is 0.320 e. The van der Waals surface area contributed by atoms with E-state index in [1.54, 1.807) is 0 Å². The summed E-state index contributed by atoms with van der Waals surface area (Å²) in [5.41, 5.74) is 1.09. The fourth-order valence-corrected chi connectivity index (χ4v) is 1.98. The van der Waals surface area contributed by atoms with Crippen LogP contribution in [-0.2, 0) is 4.79 Å². The van der Waals surface area contributed by atoms with Crippen LogP contribution in [0.4, 0.5) is 0 Å². The molecule has 0 aromatic heterocycles. The Balaban J connectivity index is 1.72. The highest BCUT2D eigenvalue weighted by Gasteiger charge is 2.35. The fourth-order valence-electron chi connectivity index (χ4n) is 1.98. The van der Waals surface area contributed by atoms with E-state index < -0.39 is 12.0 Å². The van der Waals surface area contributed by atoms with Crippen molar-refractivity contribution in [2.24, 2.45) is 5.92 Å². The third-order valence-corrected chi connectivity index (χ3v) is 3.18. The molecule has 0 radical (unpaired) electrons. The van der Waals surface area contributed by atoms with E-state index in [0.717, 1.165) is 24.2 Å². The van der Waals surface area contributed by atoms with Crippen LogP contribution in [0.15, 0.2) is 24.3 Å². The zero-order valence-corrected chi connectivity index (χ0v) is 10.6. The molecule has 0 saturated heterocycles. The lowest BCUT2D eigenvalue weighted by molar-refractivity contribution is -0.140. The molecule has 2 rings (SSSR count). The number of aliphatic carboxylic acids is 1. The summed E-state index contributed by atoms with van der Waals surface area (Å²) in [5.74, 6) is 0.409. The number of hydrogen-bond acceptors (Lipinski definition) is 3. The number of carbonyl (C=O) groups is 1. The Morgan fingerprint density at radius 2 is 2.22 bits per heavy atom. The van der Waals surface area contributed by atoms with Crippen LogP contribution < -0.4 is 10.1 Å². The summed E-state index contributed by atoms with van der Waals surface area (Å²) in [5, 5.41) is 12.1. The van der Waals surface area contributed by atoms with Crippen molar-refractivity contribution in [3.05, 3.63) is 29.8 Å². The summed E-state index contributed by atoms with van der Waals surface area (Å²) in [7, 11) is 0. The minimum atomic E-state index is -0.756. The first kappa shape index (κ1) is 12.9. The molecule has 0 bridgehead atoms. The molecule has 1 aliphatic carbocycles. The monoisotopic (exact) mass is 249 g/mol. The molecule has 18 heavy (non-hydrogen) atoms. The summed E-state index contributed by atoms with van der Waals surface area (Å²) >= 11 is 0. The van der Waals surface area contributed by atoms with Crippen molar-refractivity contribution in [3.63, 3.8) is 0 Å². The van der Waals surface area contributed by atoms with Crippen molar-refractivity contribution in [3.8, 4) is 5.75 Å². The Hall–Kier alpha value is -1.55. The molecule has 2 N–H and O–H groups in total. The predicted molar refractivity (Wildman–Crippen MR) is 68.8 cm³/mol. The van der Waals surface area contributed by atoms with E-state index in [4.69, 9.17) is 9.84 Å². The molecule has 1 aliphatic rings. The first-order chi connectivity index (χ1) is 8.68. The lowest BCUT2D eigenvalue weighted by atomic mass is 10.2. The van der Waals surface area contributed by atoms with E-state index in [-0.39, 0.29) is 0 Å². The molecule has 1 saturated carbocycles. The minimum absolute atomic E-state index is 0.306. The molecule has 1 aromatic rings. The van der Waals surface area contributed by atoms with Gasteiger partial charge >= 0.3 is 5.97 Å². The highest BCUT2D eigenvalue weighted by molar-refractivity contribution is 5.74. The van der Waals surface area contributed by atoms with Gasteiger partial charge in [0.1, 0.15) is 18.4 Å². The van der Waals surface area contributed by atoms with Gasteiger partial charge < -0.3 is 15.2 Å². The number of aryl methyl sites for hydroxylation is 1. The quantitative estimate of drug-likeness (QED) is 0.724. The lowest BCUT2D eigenvalue weighted by Crippen LogP contribution is -2.40. The number of rotatable bonds is 7. The number of para-hydroxylation sites is 1. The first-order valence-corrected chi connectivity index (χ1v) is 6.33. The minimum Gasteiger partial charge on any atom is -0.492 e. The van der Waals surface area contributed by atoms with Crippen molar-refractivity contribution in [2.45, 2.75) is 25.8 Å². The summed E-state index contributed by atoms with van der Waals surface area (Å²) in [4.78, 5) is 11.0. The average molecular weight is 249 g/mol. The molecule has 1 fully saturated rings. The van der Waals surface area contributed by atoms with Crippen LogP contribution in [0.3, 0.4) is 0 Å². The highest BCUT2D eigenvalue weighted by atomic mass is 16.5. The zero-order chi connectivity index (χ0) is 13.0. The van der Waals surface area contributed by atoms with Crippen LogP contribution in [-0.4, -0.2) is 30.3 Å². The van der Waals surface area contributed by atoms with Gasteiger partial charge in [-0.2, -0.15) is 0 Å². The summed E-state index contributed by atoms with van der Waals surface area (Å²) in [6, 6.07) is 7.40. The van der Waals surface area contributed by atoms with E-state index in [1.807, 2.05) is 31.2 Å². The van der Waals surface area contributed by atoms with Crippen LogP contribution in [0.1, 0.15) is 18.4 Å². The molecule has 4 nitrogen and oxygen atoms in total. The largest absolute Gasteiger partial charge is 0.492 e. The number of carboxylic acid groups (broad SMARTS) is 1. The van der Waals surface area contributed by atoms with Crippen molar-refractivity contribution >= 4 is 5.97 Å². The number of hydrogen-bond donors (Lipinski definition) is 2. The molecule has 1 atom stereocenters. The molecule has 0 aliphatic heterocycles. The number of carboxylic acids is 1. The van der Waals surface area contributed by atoms with E-state index >= 15 is 0 Å². The molecule has 1 unspecified atom stereocenters. The second kappa shape index (κ2) is 5.87. The first-order valence-electron chi connectivity index (χ1n) is 6.33. The Morgan fingerprint density at radius 1 is 1.50 bits per heavy atom. The highest BCUT2D eigenvalue weighted by Crippen LogP contribution is 2.32. The third-order valence-electron chi connectivity index (χ3n) is 3.18. The van der Waals surface area contributed by atoms with Gasteiger partial charge in [-0.15, -0.1) is 0 Å². The van der Waals surface area contributed by atoms with Gasteiger partial charge in [0.2, 0.25) is 0 Å². The zero-order valence-electron chi connectivity index (χ0n) is 10.6. The van der Waals surface area contributed by atoms with Gasteiger partial charge in [-0.25, -0.2) is 0 Å². The third kappa shape index (κ3) is 3.47. The van der Waals surface area contributed by atoms with Gasteiger partial charge in [-0.05, 0) is 37.3 Å². The molecule has 0 heterocycles. The number of nitrogens with one attached hydrogen (secondary N) is 1. The Labute approximate surface area is 107 Å². The Bertz CT molecular complexity index is 415. The maximum absolute atomic E-state index is 11.0. The predicted octanol–water partition coefficient (Wildman–Crippen LogP) is 1.83. The van der Waals surface area contributed by atoms with E-state index in [2.05, 4.69) is 5.32 Å². The second-order valence-corrected chi connectivity index (χ2v) is 4.72. The Morgan fingerprint density at radius 3 is 2.83 bits per heavy atom. The van der Waals surface area contributed by atoms with Gasteiger partial charge in [0.05, 0.1) is 0 Å². The summed E-state index contributed by atoms with van der Waals surface area (Å²) in [6.07, 6.45) is 2.03. The van der Waals surface area contributed by atoms with E-state index in [1.165, 1.54) is 0 Å². The fraction of sp³-hybridized carbons (Fsp3) is 0.500. The number of benzene rings is 1. The molecule has 98 valence electrons. The van der Waals surface area contributed by atoms with Gasteiger partial charge in [-0.1, -0.05) is 18.2 Å². The summed E-state index contributed by atoms with van der Waals surface area (Å²) in [6.45, 7) is 3.04. The number of ether oxygens (including phenoxy) is 1. The second-order valence-electron chi connectivity index (χ2n) is 4.72. The van der Waals surface area contributed by atoms with E-state index in [9.17, 15) is 4.79 Å². The summed E-state index contributed by atoms with van der Waals surface area (Å²) < 4.78 is 5.61. The van der Waals surface area contributed by atoms with Gasteiger partial charge in [0.15, 0.2) is 0 Å². The maximum Gasteiger partial charge on any atom is 0.320 e. The SMILES string of the molecule is Cc1ccccc1OCCNC(C(=O)O)C1CC1. The molecule has 0 amide bonds. The standard InChI is InChI=1S/C14H19NO3/c1-10-4-2-3-5-12(10)18-9-8-15-13(14(16)17)11-6-7-11/h2-5,11,13,15H,6-9H2,1H3,(H,16,17). The maximum atomic E-state index is 11.0. The van der Waals surface area contributed by atoms with Gasteiger partial charge in [0.25, 0.3) is 0 Å². The molecule has 1 aromatic carbocycles. The molecular weight excluding hydrogens is 230 g/mol. The van der Waals surface area contributed by atoms with Crippen molar-refractivity contribution in [1.29, 1.82) is 0 Å². The molecule has 0 spiro atoms. The topological polar surface area (TPSA) is 58.6 Å². The van der Waals surface area contributed by atoms with Crippen LogP contribution in [0.5, 0.6) is 5.75 Å². The Kier molecular flexibility index (Phi) is 4.20. The van der Waals surface area contributed by atoms with Crippen LogP contribution >= 0.6 is 0 Å². The molecular formula is C14H19NO3.